The monoisotopic (exact) mass is 534 g/mol. The van der Waals surface area contributed by atoms with Crippen molar-refractivity contribution in [3.8, 4) is 5.75 Å². The van der Waals surface area contributed by atoms with Crippen molar-refractivity contribution in [1.82, 2.24) is 9.62 Å². The molecule has 0 spiro atoms. The molecule has 2 aromatic carbocycles. The van der Waals surface area contributed by atoms with E-state index >= 15 is 0 Å². The Labute approximate surface area is 219 Å². The van der Waals surface area contributed by atoms with E-state index in [1.807, 2.05) is 30.3 Å². The lowest BCUT2D eigenvalue weighted by Crippen LogP contribution is -2.52. The average molecular weight is 535 g/mol. The van der Waals surface area contributed by atoms with Crippen LogP contribution in [0.15, 0.2) is 59.5 Å². The molecule has 1 fully saturated rings. The van der Waals surface area contributed by atoms with Crippen LogP contribution in [0, 0.1) is 0 Å². The summed E-state index contributed by atoms with van der Waals surface area (Å²) < 4.78 is 45.0. The van der Waals surface area contributed by atoms with Crippen LogP contribution in [0.25, 0.3) is 0 Å². The van der Waals surface area contributed by atoms with E-state index in [2.05, 4.69) is 5.32 Å². The van der Waals surface area contributed by atoms with Crippen molar-refractivity contribution in [2.75, 3.05) is 26.8 Å². The van der Waals surface area contributed by atoms with Gasteiger partial charge in [-0.1, -0.05) is 36.4 Å². The third-order valence-corrected chi connectivity index (χ3v) is 7.79. The summed E-state index contributed by atoms with van der Waals surface area (Å²) in [5, 5.41) is 14.1. The van der Waals surface area contributed by atoms with E-state index in [0.717, 1.165) is 18.4 Å². The maximum absolute atomic E-state index is 13.7. The number of hydrogen-bond acceptors (Lipinski definition) is 7. The number of amides is 1. The molecule has 3 rings (SSSR count). The SMILES string of the molecule is COc1cccc(S(=O)(=O)N(C[C@H]2CCCO2)C[C@H](O)[C@H](Cc2ccccc2)NC(=O)OC(C)(C)C)c1. The largest absolute Gasteiger partial charge is 0.497 e. The number of hydrogen-bond donors (Lipinski definition) is 2. The second-order valence-electron chi connectivity index (χ2n) is 10.1. The van der Waals surface area contributed by atoms with Crippen LogP contribution in [0.5, 0.6) is 5.75 Å². The second kappa shape index (κ2) is 12.7. The highest BCUT2D eigenvalue weighted by molar-refractivity contribution is 7.89. The van der Waals surface area contributed by atoms with E-state index in [0.29, 0.717) is 12.4 Å². The zero-order chi connectivity index (χ0) is 27.1. The molecule has 10 heteroatoms. The van der Waals surface area contributed by atoms with Crippen molar-refractivity contribution in [2.24, 2.45) is 0 Å². The third-order valence-electron chi connectivity index (χ3n) is 5.97. The molecule has 0 saturated carbocycles. The van der Waals surface area contributed by atoms with Crippen LogP contribution in [-0.2, 0) is 25.9 Å². The van der Waals surface area contributed by atoms with E-state index < -0.39 is 33.9 Å². The van der Waals surface area contributed by atoms with E-state index in [1.54, 1.807) is 32.9 Å². The lowest BCUT2D eigenvalue weighted by atomic mass is 10.0. The molecule has 1 heterocycles. The molecule has 1 aliphatic heterocycles. The minimum absolute atomic E-state index is 0.0526. The molecule has 0 aliphatic carbocycles. The molecule has 0 radical (unpaired) electrons. The highest BCUT2D eigenvalue weighted by Gasteiger charge is 2.34. The van der Waals surface area contributed by atoms with Gasteiger partial charge in [-0.25, -0.2) is 13.2 Å². The molecule has 0 aromatic heterocycles. The van der Waals surface area contributed by atoms with Crippen LogP contribution >= 0.6 is 0 Å². The fourth-order valence-corrected chi connectivity index (χ4v) is 5.67. The summed E-state index contributed by atoms with van der Waals surface area (Å²) in [5.41, 5.74) is 0.150. The first-order chi connectivity index (χ1) is 17.5. The predicted molar refractivity (Wildman–Crippen MR) is 140 cm³/mol. The molecule has 1 amide bonds. The van der Waals surface area contributed by atoms with Gasteiger partial charge >= 0.3 is 6.09 Å². The molecular weight excluding hydrogens is 496 g/mol. The summed E-state index contributed by atoms with van der Waals surface area (Å²) in [7, 11) is -2.54. The zero-order valence-corrected chi connectivity index (χ0v) is 22.7. The number of nitrogens with one attached hydrogen (secondary N) is 1. The lowest BCUT2D eigenvalue weighted by molar-refractivity contribution is 0.0373. The fraction of sp³-hybridized carbons (Fsp3) is 0.519. The van der Waals surface area contributed by atoms with Crippen LogP contribution in [0.4, 0.5) is 4.79 Å². The number of carbonyl (C=O) groups is 1. The first-order valence-corrected chi connectivity index (χ1v) is 13.9. The summed E-state index contributed by atoms with van der Waals surface area (Å²) in [5.74, 6) is 0.409. The molecule has 204 valence electrons. The van der Waals surface area contributed by atoms with Gasteiger partial charge in [0.1, 0.15) is 11.4 Å². The number of aliphatic hydroxyl groups is 1. The Balaban J connectivity index is 1.87. The predicted octanol–water partition coefficient (Wildman–Crippen LogP) is 3.36. The van der Waals surface area contributed by atoms with Crippen LogP contribution in [-0.4, -0.2) is 74.6 Å². The Morgan fingerprint density at radius 1 is 1.19 bits per heavy atom. The molecule has 2 N–H and O–H groups in total. The van der Waals surface area contributed by atoms with Crippen molar-refractivity contribution in [3.63, 3.8) is 0 Å². The van der Waals surface area contributed by atoms with Gasteiger partial charge in [0.2, 0.25) is 10.0 Å². The van der Waals surface area contributed by atoms with Gasteiger partial charge in [-0.15, -0.1) is 0 Å². The zero-order valence-electron chi connectivity index (χ0n) is 21.9. The van der Waals surface area contributed by atoms with E-state index in [9.17, 15) is 18.3 Å². The van der Waals surface area contributed by atoms with Crippen molar-refractivity contribution in [3.05, 3.63) is 60.2 Å². The van der Waals surface area contributed by atoms with Crippen LogP contribution in [0.3, 0.4) is 0 Å². The average Bonchev–Trinajstić information content (AvgIpc) is 3.36. The molecule has 1 saturated heterocycles. The normalized spacial score (nSPS) is 17.8. The standard InChI is InChI=1S/C27H38N2O7S/c1-27(2,3)36-26(31)28-24(16-20-10-6-5-7-11-20)25(30)19-29(18-22-13-9-15-35-22)37(32,33)23-14-8-12-21(17-23)34-4/h5-8,10-12,14,17,22,24-25,30H,9,13,15-16,18-19H2,1-4H3,(H,28,31)/t22-,24+,25+/m1/s1. The van der Waals surface area contributed by atoms with Crippen molar-refractivity contribution in [2.45, 2.75) is 68.8 Å². The molecule has 37 heavy (non-hydrogen) atoms. The molecule has 0 unspecified atom stereocenters. The van der Waals surface area contributed by atoms with Gasteiger partial charge < -0.3 is 24.6 Å². The van der Waals surface area contributed by atoms with Crippen molar-refractivity contribution >= 4 is 16.1 Å². The van der Waals surface area contributed by atoms with Gasteiger partial charge in [0.05, 0.1) is 30.3 Å². The van der Waals surface area contributed by atoms with Gasteiger partial charge in [-0.2, -0.15) is 4.31 Å². The molecule has 0 bridgehead atoms. The smallest absolute Gasteiger partial charge is 0.407 e. The summed E-state index contributed by atoms with van der Waals surface area (Å²) in [4.78, 5) is 12.7. The highest BCUT2D eigenvalue weighted by Crippen LogP contribution is 2.24. The number of nitrogens with zero attached hydrogens (tertiary/aromatic N) is 1. The number of ether oxygens (including phenoxy) is 3. The van der Waals surface area contributed by atoms with Crippen molar-refractivity contribution < 1.29 is 32.5 Å². The second-order valence-corrected chi connectivity index (χ2v) is 12.1. The minimum Gasteiger partial charge on any atom is -0.497 e. The summed E-state index contributed by atoms with van der Waals surface area (Å²) in [6.45, 7) is 5.66. The first-order valence-electron chi connectivity index (χ1n) is 12.5. The minimum atomic E-state index is -4.01. The van der Waals surface area contributed by atoms with Gasteiger partial charge in [0.25, 0.3) is 0 Å². The number of rotatable bonds is 11. The number of alkyl carbamates (subject to hydrolysis) is 1. The first kappa shape index (κ1) is 28.9. The Morgan fingerprint density at radius 3 is 2.54 bits per heavy atom. The quantitative estimate of drug-likeness (QED) is 0.454. The van der Waals surface area contributed by atoms with Gasteiger partial charge in [0, 0.05) is 25.8 Å². The van der Waals surface area contributed by atoms with Crippen LogP contribution in [0.2, 0.25) is 0 Å². The Bertz CT molecular complexity index is 1110. The number of sulfonamides is 1. The molecule has 9 nitrogen and oxygen atoms in total. The van der Waals surface area contributed by atoms with Crippen LogP contribution in [0.1, 0.15) is 39.2 Å². The van der Waals surface area contributed by atoms with Gasteiger partial charge in [-0.3, -0.25) is 0 Å². The highest BCUT2D eigenvalue weighted by atomic mass is 32.2. The Hall–Kier alpha value is -2.66. The van der Waals surface area contributed by atoms with E-state index in [1.165, 1.54) is 23.5 Å². The van der Waals surface area contributed by atoms with Gasteiger partial charge in [-0.05, 0) is 57.7 Å². The molecule has 2 aromatic rings. The summed E-state index contributed by atoms with van der Waals surface area (Å²) in [6, 6.07) is 14.8. The molecular formula is C27H38N2O7S. The molecule has 1 aliphatic rings. The van der Waals surface area contributed by atoms with E-state index in [-0.39, 0.29) is 30.5 Å². The number of aliphatic hydroxyl groups excluding tert-OH is 1. The van der Waals surface area contributed by atoms with E-state index in [4.69, 9.17) is 14.2 Å². The third kappa shape index (κ3) is 8.70. The van der Waals surface area contributed by atoms with Gasteiger partial charge in [0.15, 0.2) is 0 Å². The fourth-order valence-electron chi connectivity index (χ4n) is 4.14. The molecule has 3 atom stereocenters. The number of carbonyl (C=O) groups excluding carboxylic acids is 1. The maximum atomic E-state index is 13.7. The maximum Gasteiger partial charge on any atom is 0.407 e. The Kier molecular flexibility index (Phi) is 9.94. The van der Waals surface area contributed by atoms with Crippen LogP contribution < -0.4 is 10.1 Å². The number of benzene rings is 2. The number of methoxy groups -OCH3 is 1. The summed E-state index contributed by atoms with van der Waals surface area (Å²) in [6.07, 6.45) is -0.336. The topological polar surface area (TPSA) is 114 Å². The van der Waals surface area contributed by atoms with Crippen molar-refractivity contribution in [1.29, 1.82) is 0 Å². The lowest BCUT2D eigenvalue weighted by Gasteiger charge is -2.31. The Morgan fingerprint density at radius 2 is 1.92 bits per heavy atom. The summed E-state index contributed by atoms with van der Waals surface area (Å²) >= 11 is 0.